The van der Waals surface area contributed by atoms with E-state index in [0.717, 1.165) is 18.1 Å². The second kappa shape index (κ2) is 5.61. The Bertz CT molecular complexity index is 582. The fraction of sp³-hybridized carbons (Fsp3) is 0.412. The number of rotatable bonds is 4. The molecule has 0 unspecified atom stereocenters. The van der Waals surface area contributed by atoms with Crippen LogP contribution in [0.5, 0.6) is 0 Å². The first-order valence-electron chi connectivity index (χ1n) is 7.37. The van der Waals surface area contributed by atoms with Gasteiger partial charge in [0.25, 0.3) is 0 Å². The van der Waals surface area contributed by atoms with Gasteiger partial charge < -0.3 is 14.6 Å². The van der Waals surface area contributed by atoms with Gasteiger partial charge in [0.15, 0.2) is 0 Å². The largest absolute Gasteiger partial charge is 0.465 e. The van der Waals surface area contributed by atoms with E-state index in [2.05, 4.69) is 35.3 Å². The molecule has 2 heterocycles. The molecular weight excluding hydrogens is 248 g/mol. The Labute approximate surface area is 120 Å². The summed E-state index contributed by atoms with van der Waals surface area (Å²) < 4.78 is 5.58. The summed E-state index contributed by atoms with van der Waals surface area (Å²) in [4.78, 5) is 2.46. The molecule has 1 N–H and O–H groups in total. The summed E-state index contributed by atoms with van der Waals surface area (Å²) >= 11 is 0. The quantitative estimate of drug-likeness (QED) is 0.906. The van der Waals surface area contributed by atoms with Gasteiger partial charge in [0.2, 0.25) is 0 Å². The third kappa shape index (κ3) is 2.82. The van der Waals surface area contributed by atoms with Gasteiger partial charge in [0.1, 0.15) is 11.5 Å². The number of aryl methyl sites for hydroxylation is 2. The van der Waals surface area contributed by atoms with E-state index in [-0.39, 0.29) is 0 Å². The molecule has 0 bridgehead atoms. The van der Waals surface area contributed by atoms with Gasteiger partial charge in [0.05, 0.1) is 6.54 Å². The molecule has 0 amide bonds. The first-order valence-corrected chi connectivity index (χ1v) is 7.37. The molecule has 1 fully saturated rings. The number of hydrogen-bond donors (Lipinski definition) is 1. The molecule has 106 valence electrons. The van der Waals surface area contributed by atoms with Crippen molar-refractivity contribution >= 4 is 11.4 Å². The van der Waals surface area contributed by atoms with Gasteiger partial charge >= 0.3 is 0 Å². The maximum Gasteiger partial charge on any atom is 0.123 e. The van der Waals surface area contributed by atoms with E-state index in [4.69, 9.17) is 4.42 Å². The Hall–Kier alpha value is -1.90. The van der Waals surface area contributed by atoms with E-state index in [9.17, 15) is 0 Å². The van der Waals surface area contributed by atoms with E-state index in [1.54, 1.807) is 0 Å². The molecule has 1 aromatic carbocycles. The van der Waals surface area contributed by atoms with Crippen molar-refractivity contribution in [1.82, 2.24) is 0 Å². The van der Waals surface area contributed by atoms with Gasteiger partial charge in [0, 0.05) is 24.5 Å². The van der Waals surface area contributed by atoms with Gasteiger partial charge in [-0.25, -0.2) is 0 Å². The van der Waals surface area contributed by atoms with E-state index in [1.807, 2.05) is 19.1 Å². The van der Waals surface area contributed by atoms with Crippen molar-refractivity contribution < 1.29 is 4.42 Å². The summed E-state index contributed by atoms with van der Waals surface area (Å²) in [7, 11) is 0. The van der Waals surface area contributed by atoms with Crippen LogP contribution in [0.4, 0.5) is 11.4 Å². The minimum Gasteiger partial charge on any atom is -0.465 e. The minimum atomic E-state index is 0.734. The van der Waals surface area contributed by atoms with Crippen molar-refractivity contribution in [3.63, 3.8) is 0 Å². The van der Waals surface area contributed by atoms with Crippen LogP contribution in [0.25, 0.3) is 0 Å². The van der Waals surface area contributed by atoms with Crippen molar-refractivity contribution in [2.75, 3.05) is 23.3 Å². The van der Waals surface area contributed by atoms with Crippen LogP contribution in [0.15, 0.2) is 34.7 Å². The molecule has 1 aliphatic rings. The van der Waals surface area contributed by atoms with Crippen LogP contribution >= 0.6 is 0 Å². The zero-order valence-electron chi connectivity index (χ0n) is 12.3. The predicted octanol–water partition coefficient (Wildman–Crippen LogP) is 4.11. The monoisotopic (exact) mass is 270 g/mol. The number of nitrogens with one attached hydrogen (secondary N) is 1. The number of anilines is 2. The lowest BCUT2D eigenvalue weighted by atomic mass is 10.1. The lowest BCUT2D eigenvalue weighted by Crippen LogP contribution is -2.17. The molecule has 0 atom stereocenters. The van der Waals surface area contributed by atoms with Crippen molar-refractivity contribution in [3.05, 3.63) is 47.4 Å². The zero-order valence-corrected chi connectivity index (χ0v) is 12.3. The van der Waals surface area contributed by atoms with Crippen LogP contribution in [0.1, 0.15) is 29.9 Å². The number of benzene rings is 1. The molecule has 0 radical (unpaired) electrons. The standard InChI is InChI=1S/C17H22N2O/c1-13-11-15(19-9-3-4-10-19)6-8-17(13)18-12-16-7-5-14(2)20-16/h5-8,11,18H,3-4,9-10,12H2,1-2H3. The summed E-state index contributed by atoms with van der Waals surface area (Å²) in [6.45, 7) is 7.25. The van der Waals surface area contributed by atoms with Crippen LogP contribution < -0.4 is 10.2 Å². The number of nitrogens with zero attached hydrogens (tertiary/aromatic N) is 1. The minimum absolute atomic E-state index is 0.734. The van der Waals surface area contributed by atoms with Crippen molar-refractivity contribution in [3.8, 4) is 0 Å². The number of hydrogen-bond acceptors (Lipinski definition) is 3. The molecule has 0 aliphatic carbocycles. The number of furan rings is 1. The zero-order chi connectivity index (χ0) is 13.9. The molecule has 20 heavy (non-hydrogen) atoms. The fourth-order valence-electron chi connectivity index (χ4n) is 2.78. The van der Waals surface area contributed by atoms with Crippen LogP contribution in [-0.4, -0.2) is 13.1 Å². The van der Waals surface area contributed by atoms with Crippen LogP contribution in [0, 0.1) is 13.8 Å². The van der Waals surface area contributed by atoms with E-state index < -0.39 is 0 Å². The molecule has 0 saturated carbocycles. The lowest BCUT2D eigenvalue weighted by molar-refractivity contribution is 0.490. The summed E-state index contributed by atoms with van der Waals surface area (Å²) in [5.41, 5.74) is 3.82. The summed E-state index contributed by atoms with van der Waals surface area (Å²) in [6.07, 6.45) is 2.63. The van der Waals surface area contributed by atoms with Gasteiger partial charge in [-0.05, 0) is 62.6 Å². The molecular formula is C17H22N2O. The second-order valence-electron chi connectivity index (χ2n) is 5.56. The summed E-state index contributed by atoms with van der Waals surface area (Å²) in [5, 5.41) is 3.45. The Balaban J connectivity index is 1.67. The second-order valence-corrected chi connectivity index (χ2v) is 5.56. The van der Waals surface area contributed by atoms with E-state index in [1.165, 1.54) is 42.9 Å². The highest BCUT2D eigenvalue weighted by Crippen LogP contribution is 2.25. The topological polar surface area (TPSA) is 28.4 Å². The van der Waals surface area contributed by atoms with Crippen LogP contribution in [-0.2, 0) is 6.54 Å². The average Bonchev–Trinajstić information content (AvgIpc) is 3.08. The molecule has 1 aliphatic heterocycles. The Morgan fingerprint density at radius 1 is 1.10 bits per heavy atom. The predicted molar refractivity (Wildman–Crippen MR) is 83.4 cm³/mol. The van der Waals surface area contributed by atoms with Crippen molar-refractivity contribution in [2.45, 2.75) is 33.2 Å². The molecule has 3 rings (SSSR count). The normalized spacial score (nSPS) is 14.8. The van der Waals surface area contributed by atoms with Gasteiger partial charge in [-0.15, -0.1) is 0 Å². The molecule has 1 saturated heterocycles. The maximum atomic E-state index is 5.58. The maximum absolute atomic E-state index is 5.58. The fourth-order valence-corrected chi connectivity index (χ4v) is 2.78. The first-order chi connectivity index (χ1) is 9.72. The molecule has 3 heteroatoms. The molecule has 1 aromatic heterocycles. The highest BCUT2D eigenvalue weighted by Gasteiger charge is 2.13. The lowest BCUT2D eigenvalue weighted by Gasteiger charge is -2.19. The third-order valence-corrected chi connectivity index (χ3v) is 3.93. The Morgan fingerprint density at radius 3 is 2.55 bits per heavy atom. The van der Waals surface area contributed by atoms with Crippen LogP contribution in [0.2, 0.25) is 0 Å². The first kappa shape index (κ1) is 13.1. The van der Waals surface area contributed by atoms with Gasteiger partial charge in [-0.3, -0.25) is 0 Å². The summed E-state index contributed by atoms with van der Waals surface area (Å²) in [6, 6.07) is 10.7. The van der Waals surface area contributed by atoms with Crippen LogP contribution in [0.3, 0.4) is 0 Å². The van der Waals surface area contributed by atoms with E-state index in [0.29, 0.717) is 0 Å². The smallest absolute Gasteiger partial charge is 0.123 e. The Morgan fingerprint density at radius 2 is 1.90 bits per heavy atom. The molecule has 2 aromatic rings. The van der Waals surface area contributed by atoms with Gasteiger partial charge in [-0.1, -0.05) is 0 Å². The highest BCUT2D eigenvalue weighted by molar-refractivity contribution is 5.60. The highest BCUT2D eigenvalue weighted by atomic mass is 16.3. The SMILES string of the molecule is Cc1ccc(CNc2ccc(N3CCCC3)cc2C)o1. The summed E-state index contributed by atoms with van der Waals surface area (Å²) in [5.74, 6) is 1.94. The van der Waals surface area contributed by atoms with Gasteiger partial charge in [-0.2, -0.15) is 0 Å². The Kier molecular flexibility index (Phi) is 3.68. The van der Waals surface area contributed by atoms with Crippen molar-refractivity contribution in [2.24, 2.45) is 0 Å². The molecule has 0 spiro atoms. The average molecular weight is 270 g/mol. The molecule has 3 nitrogen and oxygen atoms in total. The van der Waals surface area contributed by atoms with Crippen molar-refractivity contribution in [1.29, 1.82) is 0 Å². The van der Waals surface area contributed by atoms with E-state index >= 15 is 0 Å². The third-order valence-electron chi connectivity index (χ3n) is 3.93.